The molecule has 0 amide bonds. The van der Waals surface area contributed by atoms with E-state index in [4.69, 9.17) is 9.40 Å². The Kier molecular flexibility index (Phi) is 7.41. The van der Waals surface area contributed by atoms with Gasteiger partial charge in [-0.1, -0.05) is 115 Å². The van der Waals surface area contributed by atoms with Gasteiger partial charge in [0.2, 0.25) is 0 Å². The van der Waals surface area contributed by atoms with Gasteiger partial charge < -0.3 is 9.32 Å². The number of anilines is 3. The predicted octanol–water partition coefficient (Wildman–Crippen LogP) is 13.9. The lowest BCUT2D eigenvalue weighted by molar-refractivity contribution is 0.546. The van der Waals surface area contributed by atoms with E-state index in [1.165, 1.54) is 43.8 Å². The maximum Gasteiger partial charge on any atom is 0.145 e. The van der Waals surface area contributed by atoms with Crippen molar-refractivity contribution in [3.05, 3.63) is 187 Å². The van der Waals surface area contributed by atoms with E-state index in [0.717, 1.165) is 82.0 Å². The van der Waals surface area contributed by atoms with Gasteiger partial charge in [0.05, 0.1) is 16.7 Å². The van der Waals surface area contributed by atoms with Crippen molar-refractivity contribution in [2.75, 3.05) is 4.90 Å². The summed E-state index contributed by atoms with van der Waals surface area (Å²) < 4.78 is 8.51. The van der Waals surface area contributed by atoms with Crippen LogP contribution in [0.2, 0.25) is 0 Å². The molecule has 262 valence electrons. The summed E-state index contributed by atoms with van der Waals surface area (Å²) in [6.45, 7) is 0. The van der Waals surface area contributed by atoms with Crippen molar-refractivity contribution in [2.24, 2.45) is 0 Å². The molecule has 0 unspecified atom stereocenters. The Hall–Kier alpha value is -6.91. The minimum absolute atomic E-state index is 0.958. The third-order valence-electron chi connectivity index (χ3n) is 11.3. The molecule has 11 rings (SSSR count). The molecule has 2 aromatic heterocycles. The summed E-state index contributed by atoms with van der Waals surface area (Å²) in [4.78, 5) is 7.77. The van der Waals surface area contributed by atoms with Crippen LogP contribution in [-0.2, 0) is 6.42 Å². The Labute approximate surface area is 319 Å². The third kappa shape index (κ3) is 5.25. The number of para-hydroxylation sites is 2. The van der Waals surface area contributed by atoms with Gasteiger partial charge in [0.1, 0.15) is 17.2 Å². The van der Waals surface area contributed by atoms with Gasteiger partial charge in [-0.25, -0.2) is 4.98 Å². The number of rotatable bonds is 6. The first-order valence-corrected chi connectivity index (χ1v) is 19.3. The maximum atomic E-state index is 6.20. The fourth-order valence-corrected chi connectivity index (χ4v) is 8.64. The van der Waals surface area contributed by atoms with Crippen LogP contribution >= 0.6 is 0 Å². The minimum Gasteiger partial charge on any atom is -0.460 e. The van der Waals surface area contributed by atoms with Crippen LogP contribution in [0.15, 0.2) is 174 Å². The fourth-order valence-electron chi connectivity index (χ4n) is 8.64. The summed E-state index contributed by atoms with van der Waals surface area (Å²) in [5.41, 5.74) is 12.3. The highest BCUT2D eigenvalue weighted by Gasteiger charge is 2.21. The number of allylic oxidation sites excluding steroid dienone is 5. The van der Waals surface area contributed by atoms with Gasteiger partial charge in [0, 0.05) is 50.8 Å². The minimum atomic E-state index is 0.958. The zero-order valence-electron chi connectivity index (χ0n) is 30.3. The molecule has 0 spiro atoms. The number of furan rings is 1. The molecule has 0 saturated carbocycles. The van der Waals surface area contributed by atoms with E-state index in [0.29, 0.717) is 0 Å². The maximum absolute atomic E-state index is 6.20. The van der Waals surface area contributed by atoms with Crippen molar-refractivity contribution in [3.63, 3.8) is 0 Å². The van der Waals surface area contributed by atoms with Crippen LogP contribution in [0.3, 0.4) is 0 Å². The monoisotopic (exact) mass is 707 g/mol. The Bertz CT molecular complexity index is 3020. The van der Waals surface area contributed by atoms with Crippen molar-refractivity contribution in [1.82, 2.24) is 9.55 Å². The number of nitrogens with zero attached hydrogens (tertiary/aromatic N) is 3. The lowest BCUT2D eigenvalue weighted by Gasteiger charge is -2.27. The Morgan fingerprint density at radius 3 is 2.15 bits per heavy atom. The molecule has 0 bridgehead atoms. The van der Waals surface area contributed by atoms with Crippen molar-refractivity contribution < 1.29 is 4.42 Å². The normalized spacial score (nSPS) is 13.9. The molecule has 0 N–H and O–H groups in total. The summed E-state index contributed by atoms with van der Waals surface area (Å²) in [5, 5.41) is 5.92. The topological polar surface area (TPSA) is 34.2 Å². The number of aryl methyl sites for hydroxylation is 1. The summed E-state index contributed by atoms with van der Waals surface area (Å²) in [6, 6.07) is 52.6. The molecule has 0 fully saturated rings. The van der Waals surface area contributed by atoms with Crippen molar-refractivity contribution in [2.45, 2.75) is 25.7 Å². The van der Waals surface area contributed by atoms with Gasteiger partial charge in [-0.3, -0.25) is 4.57 Å². The zero-order valence-corrected chi connectivity index (χ0v) is 30.3. The third-order valence-corrected chi connectivity index (χ3v) is 11.3. The summed E-state index contributed by atoms with van der Waals surface area (Å²) in [6.07, 6.45) is 15.4. The zero-order chi connectivity index (χ0) is 36.3. The largest absolute Gasteiger partial charge is 0.460 e. The molecular weight excluding hydrogens is 671 g/mol. The molecule has 55 heavy (non-hydrogen) atoms. The van der Waals surface area contributed by atoms with E-state index in [1.54, 1.807) is 0 Å². The Balaban J connectivity index is 1.04. The van der Waals surface area contributed by atoms with E-state index < -0.39 is 0 Å². The number of benzene rings is 7. The van der Waals surface area contributed by atoms with Crippen LogP contribution in [0.5, 0.6) is 0 Å². The molecule has 2 heterocycles. The Morgan fingerprint density at radius 2 is 1.31 bits per heavy atom. The van der Waals surface area contributed by atoms with Crippen LogP contribution in [0, 0.1) is 0 Å². The van der Waals surface area contributed by atoms with E-state index in [-0.39, 0.29) is 0 Å². The number of hydrogen-bond acceptors (Lipinski definition) is 3. The molecule has 2 aliphatic rings. The fraction of sp³-hybridized carbons (Fsp3) is 0.0784. The summed E-state index contributed by atoms with van der Waals surface area (Å²) in [5.74, 6) is 2.08. The van der Waals surface area contributed by atoms with Crippen LogP contribution in [0.4, 0.5) is 17.1 Å². The lowest BCUT2D eigenvalue weighted by Crippen LogP contribution is -2.10. The molecule has 0 radical (unpaired) electrons. The lowest BCUT2D eigenvalue weighted by atomic mass is 9.98. The van der Waals surface area contributed by atoms with Gasteiger partial charge in [0.15, 0.2) is 0 Å². The van der Waals surface area contributed by atoms with Crippen LogP contribution in [-0.4, -0.2) is 9.55 Å². The average Bonchev–Trinajstić information content (AvgIpc) is 3.84. The van der Waals surface area contributed by atoms with E-state index in [9.17, 15) is 0 Å². The van der Waals surface area contributed by atoms with Crippen LogP contribution in [0.1, 0.15) is 36.4 Å². The Morgan fingerprint density at radius 1 is 0.564 bits per heavy atom. The first-order valence-electron chi connectivity index (χ1n) is 19.3. The summed E-state index contributed by atoms with van der Waals surface area (Å²) >= 11 is 0. The smallest absolute Gasteiger partial charge is 0.145 e. The first kappa shape index (κ1) is 31.6. The second-order valence-corrected chi connectivity index (χ2v) is 14.5. The molecule has 0 atom stereocenters. The highest BCUT2D eigenvalue weighted by atomic mass is 16.3. The average molecular weight is 708 g/mol. The van der Waals surface area contributed by atoms with Gasteiger partial charge in [0.25, 0.3) is 0 Å². The van der Waals surface area contributed by atoms with Gasteiger partial charge in [-0.05, 0) is 102 Å². The highest BCUT2D eigenvalue weighted by Crippen LogP contribution is 2.43. The second kappa shape index (κ2) is 12.9. The summed E-state index contributed by atoms with van der Waals surface area (Å²) in [7, 11) is 0. The van der Waals surface area contributed by atoms with E-state index in [2.05, 4.69) is 185 Å². The highest BCUT2D eigenvalue weighted by molar-refractivity contribution is 6.19. The van der Waals surface area contributed by atoms with Crippen LogP contribution in [0.25, 0.3) is 72.0 Å². The molecule has 7 aromatic carbocycles. The quantitative estimate of drug-likeness (QED) is 0.161. The number of fused-ring (bicyclic) bond motifs is 8. The van der Waals surface area contributed by atoms with Crippen LogP contribution < -0.4 is 4.90 Å². The molecule has 4 nitrogen and oxygen atoms in total. The van der Waals surface area contributed by atoms with Crippen molar-refractivity contribution in [3.8, 4) is 16.8 Å². The number of imidazole rings is 1. The molecule has 9 aromatic rings. The van der Waals surface area contributed by atoms with Gasteiger partial charge in [-0.2, -0.15) is 0 Å². The number of hydrogen-bond donors (Lipinski definition) is 0. The second-order valence-electron chi connectivity index (χ2n) is 14.5. The molecule has 2 aliphatic carbocycles. The first-order chi connectivity index (χ1) is 27.3. The van der Waals surface area contributed by atoms with Crippen molar-refractivity contribution >= 4 is 72.3 Å². The molecule has 0 saturated heterocycles. The predicted molar refractivity (Wildman–Crippen MR) is 230 cm³/mol. The SMILES string of the molecule is C1=CC(c2nc3c4ccc5c(N(c6ccccc6)c6ccc(-c7ccc8oc9c(c8c7)C=CCC9)cc6)cccc5c4ccc3n2-c2ccccc2)=CCC1. The standard InChI is InChI=1S/C51H37N3O/c1-4-13-35(14-5-1)51-52-50-44-29-28-42-40(41(44)30-31-47(50)54(51)38-17-8-3-9-18-38)20-12-21-46(42)53(37-15-6-2-7-16-37)39-26-23-34(24-27-39)36-25-32-49-45(33-36)43-19-10-11-22-48(43)55-49/h2-4,6-10,12-21,23-33H,1,5,11,22H2. The molecule has 0 aliphatic heterocycles. The molecule has 4 heteroatoms. The van der Waals surface area contributed by atoms with E-state index >= 15 is 0 Å². The number of aromatic nitrogens is 2. The van der Waals surface area contributed by atoms with Gasteiger partial charge in [-0.15, -0.1) is 0 Å². The molecular formula is C51H37N3O. The van der Waals surface area contributed by atoms with Crippen molar-refractivity contribution in [1.29, 1.82) is 0 Å². The van der Waals surface area contributed by atoms with E-state index in [1.807, 2.05) is 0 Å². The van der Waals surface area contributed by atoms with Gasteiger partial charge >= 0.3 is 0 Å².